The molecule has 0 saturated heterocycles. The third kappa shape index (κ3) is 3.05. The molecule has 0 spiro atoms. The molecule has 0 bridgehead atoms. The third-order valence-corrected chi connectivity index (χ3v) is 3.46. The van der Waals surface area contributed by atoms with Crippen LogP contribution in [0.4, 0.5) is 5.82 Å². The Morgan fingerprint density at radius 2 is 2.00 bits per heavy atom. The highest BCUT2D eigenvalue weighted by atomic mass is 32.2. The number of anilines is 1. The van der Waals surface area contributed by atoms with Gasteiger partial charge in [0, 0.05) is 18.5 Å². The zero-order chi connectivity index (χ0) is 14.7. The van der Waals surface area contributed by atoms with Crippen LogP contribution in [0.15, 0.2) is 47.8 Å². The number of nitrogens with zero attached hydrogens (tertiary/aromatic N) is 3. The standard InChI is InChI=1S/C15H14N4OS/c1-16-13-8-14(19-15(18-13)21-2)20-11-7-10-5-3-4-6-12(10)17-9-11/h3-9H,1-2H3,(H,16,18,19). The predicted molar refractivity (Wildman–Crippen MR) is 85.2 cm³/mol. The van der Waals surface area contributed by atoms with Crippen LogP contribution in [0, 0.1) is 0 Å². The van der Waals surface area contributed by atoms with Gasteiger partial charge in [0.2, 0.25) is 5.88 Å². The fourth-order valence-electron chi connectivity index (χ4n) is 1.90. The normalized spacial score (nSPS) is 10.6. The topological polar surface area (TPSA) is 59.9 Å². The number of benzene rings is 1. The van der Waals surface area contributed by atoms with Gasteiger partial charge in [-0.1, -0.05) is 30.0 Å². The molecule has 0 aliphatic carbocycles. The van der Waals surface area contributed by atoms with Gasteiger partial charge in [0.25, 0.3) is 0 Å². The van der Waals surface area contributed by atoms with Crippen molar-refractivity contribution in [2.24, 2.45) is 0 Å². The summed E-state index contributed by atoms with van der Waals surface area (Å²) in [6.45, 7) is 0. The van der Waals surface area contributed by atoms with E-state index in [4.69, 9.17) is 4.74 Å². The first-order valence-corrected chi connectivity index (χ1v) is 7.64. The van der Waals surface area contributed by atoms with E-state index in [1.54, 1.807) is 12.3 Å². The molecule has 21 heavy (non-hydrogen) atoms. The summed E-state index contributed by atoms with van der Waals surface area (Å²) in [6.07, 6.45) is 3.62. The fourth-order valence-corrected chi connectivity index (χ4v) is 2.27. The van der Waals surface area contributed by atoms with Gasteiger partial charge in [0.15, 0.2) is 5.16 Å². The van der Waals surface area contributed by atoms with Crippen LogP contribution >= 0.6 is 11.8 Å². The molecule has 5 nitrogen and oxygen atoms in total. The number of rotatable bonds is 4. The highest BCUT2D eigenvalue weighted by molar-refractivity contribution is 7.98. The Balaban J connectivity index is 1.94. The first kappa shape index (κ1) is 13.6. The van der Waals surface area contributed by atoms with Crippen molar-refractivity contribution in [1.82, 2.24) is 15.0 Å². The van der Waals surface area contributed by atoms with E-state index in [1.807, 2.05) is 43.6 Å². The van der Waals surface area contributed by atoms with Crippen LogP contribution in [-0.4, -0.2) is 28.3 Å². The van der Waals surface area contributed by atoms with Crippen molar-refractivity contribution in [1.29, 1.82) is 0 Å². The Morgan fingerprint density at radius 1 is 1.14 bits per heavy atom. The lowest BCUT2D eigenvalue weighted by atomic mass is 10.2. The lowest BCUT2D eigenvalue weighted by molar-refractivity contribution is 0.455. The molecule has 0 unspecified atom stereocenters. The fraction of sp³-hybridized carbons (Fsp3) is 0.133. The van der Waals surface area contributed by atoms with Crippen LogP contribution in [0.25, 0.3) is 10.9 Å². The summed E-state index contributed by atoms with van der Waals surface area (Å²) >= 11 is 1.47. The molecule has 2 heterocycles. The highest BCUT2D eigenvalue weighted by Crippen LogP contribution is 2.25. The predicted octanol–water partition coefficient (Wildman–Crippen LogP) is 3.58. The van der Waals surface area contributed by atoms with Gasteiger partial charge >= 0.3 is 0 Å². The average Bonchev–Trinajstić information content (AvgIpc) is 2.54. The van der Waals surface area contributed by atoms with E-state index < -0.39 is 0 Å². The zero-order valence-electron chi connectivity index (χ0n) is 11.7. The minimum atomic E-state index is 0.496. The van der Waals surface area contributed by atoms with Crippen molar-refractivity contribution in [3.05, 3.63) is 42.6 Å². The number of hydrogen-bond donors (Lipinski definition) is 1. The van der Waals surface area contributed by atoms with Crippen molar-refractivity contribution in [3.63, 3.8) is 0 Å². The summed E-state index contributed by atoms with van der Waals surface area (Å²) in [5.74, 6) is 1.87. The lowest BCUT2D eigenvalue weighted by Crippen LogP contribution is -1.98. The molecule has 106 valence electrons. The maximum absolute atomic E-state index is 5.80. The van der Waals surface area contributed by atoms with E-state index in [0.717, 1.165) is 16.7 Å². The molecule has 0 aliphatic heterocycles. The number of fused-ring (bicyclic) bond motifs is 1. The molecule has 0 fully saturated rings. The van der Waals surface area contributed by atoms with Gasteiger partial charge < -0.3 is 10.1 Å². The molecule has 0 aliphatic rings. The second-order valence-electron chi connectivity index (χ2n) is 4.29. The maximum atomic E-state index is 5.80. The van der Waals surface area contributed by atoms with Crippen molar-refractivity contribution < 1.29 is 4.74 Å². The number of thioether (sulfide) groups is 1. The molecule has 6 heteroatoms. The molecule has 1 aromatic carbocycles. The van der Waals surface area contributed by atoms with Crippen LogP contribution in [0.2, 0.25) is 0 Å². The summed E-state index contributed by atoms with van der Waals surface area (Å²) in [5, 5.41) is 4.69. The van der Waals surface area contributed by atoms with Crippen molar-refractivity contribution in [3.8, 4) is 11.6 Å². The number of ether oxygens (including phenoxy) is 1. The Bertz CT molecular complexity index is 756. The van der Waals surface area contributed by atoms with Gasteiger partial charge in [-0.25, -0.2) is 4.98 Å². The van der Waals surface area contributed by atoms with E-state index >= 15 is 0 Å². The van der Waals surface area contributed by atoms with Gasteiger partial charge in [0.1, 0.15) is 11.6 Å². The van der Waals surface area contributed by atoms with Crippen molar-refractivity contribution in [2.75, 3.05) is 18.6 Å². The largest absolute Gasteiger partial charge is 0.437 e. The first-order chi connectivity index (χ1) is 10.3. The van der Waals surface area contributed by atoms with Gasteiger partial charge in [-0.3, -0.25) is 4.98 Å². The van der Waals surface area contributed by atoms with Crippen molar-refractivity contribution >= 4 is 28.5 Å². The summed E-state index contributed by atoms with van der Waals surface area (Å²) in [7, 11) is 1.81. The Hall–Kier alpha value is -2.34. The zero-order valence-corrected chi connectivity index (χ0v) is 12.5. The summed E-state index contributed by atoms with van der Waals surface area (Å²) in [4.78, 5) is 13.0. The van der Waals surface area contributed by atoms with Gasteiger partial charge in [0.05, 0.1) is 11.7 Å². The highest BCUT2D eigenvalue weighted by Gasteiger charge is 2.06. The minimum absolute atomic E-state index is 0.496. The Labute approximate surface area is 126 Å². The van der Waals surface area contributed by atoms with Crippen molar-refractivity contribution in [2.45, 2.75) is 5.16 Å². The lowest BCUT2D eigenvalue weighted by Gasteiger charge is -2.08. The number of nitrogens with one attached hydrogen (secondary N) is 1. The molecular weight excluding hydrogens is 284 g/mol. The number of pyridine rings is 1. The second kappa shape index (κ2) is 5.97. The summed E-state index contributed by atoms with van der Waals surface area (Å²) in [5.41, 5.74) is 0.938. The smallest absolute Gasteiger partial charge is 0.225 e. The first-order valence-electron chi connectivity index (χ1n) is 6.42. The third-order valence-electron chi connectivity index (χ3n) is 2.91. The molecule has 1 N–H and O–H groups in total. The van der Waals surface area contributed by atoms with Crippen LogP contribution in [0.5, 0.6) is 11.6 Å². The molecule has 0 saturated carbocycles. The van der Waals surface area contributed by atoms with Crippen LogP contribution in [-0.2, 0) is 0 Å². The van der Waals surface area contributed by atoms with Gasteiger partial charge in [-0.15, -0.1) is 0 Å². The van der Waals surface area contributed by atoms with Crippen LogP contribution in [0.3, 0.4) is 0 Å². The molecular formula is C15H14N4OS. The van der Waals surface area contributed by atoms with E-state index in [9.17, 15) is 0 Å². The van der Waals surface area contributed by atoms with E-state index in [0.29, 0.717) is 16.8 Å². The molecule has 3 rings (SSSR count). The van der Waals surface area contributed by atoms with Crippen LogP contribution in [0.1, 0.15) is 0 Å². The van der Waals surface area contributed by atoms with E-state index in [1.165, 1.54) is 11.8 Å². The molecule has 0 amide bonds. The van der Waals surface area contributed by atoms with Gasteiger partial charge in [-0.2, -0.15) is 4.98 Å². The quantitative estimate of drug-likeness (QED) is 0.587. The molecule has 3 aromatic rings. The SMILES string of the molecule is CNc1cc(Oc2cnc3ccccc3c2)nc(SC)n1. The number of hydrogen-bond acceptors (Lipinski definition) is 6. The summed E-state index contributed by atoms with van der Waals surface area (Å²) in [6, 6.07) is 11.6. The molecule has 0 radical (unpaired) electrons. The van der Waals surface area contributed by atoms with E-state index in [-0.39, 0.29) is 0 Å². The minimum Gasteiger partial charge on any atom is -0.437 e. The number of para-hydroxylation sites is 1. The Kier molecular flexibility index (Phi) is 3.87. The Morgan fingerprint density at radius 3 is 2.81 bits per heavy atom. The van der Waals surface area contributed by atoms with Crippen LogP contribution < -0.4 is 10.1 Å². The van der Waals surface area contributed by atoms with E-state index in [2.05, 4.69) is 20.3 Å². The van der Waals surface area contributed by atoms with Gasteiger partial charge in [-0.05, 0) is 18.4 Å². The monoisotopic (exact) mass is 298 g/mol. The second-order valence-corrected chi connectivity index (χ2v) is 5.07. The summed E-state index contributed by atoms with van der Waals surface area (Å²) < 4.78 is 5.80. The molecule has 2 aromatic heterocycles. The molecule has 0 atom stereocenters. The number of aromatic nitrogens is 3. The average molecular weight is 298 g/mol. The maximum Gasteiger partial charge on any atom is 0.225 e.